The van der Waals surface area contributed by atoms with Crippen molar-refractivity contribution in [2.24, 2.45) is 0 Å². The molecule has 0 saturated carbocycles. The van der Waals surface area contributed by atoms with Gasteiger partial charge in [0.05, 0.1) is 6.04 Å². The van der Waals surface area contributed by atoms with Crippen molar-refractivity contribution in [2.75, 3.05) is 6.54 Å². The van der Waals surface area contributed by atoms with Crippen LogP contribution in [0.4, 0.5) is 0 Å². The first-order valence-corrected chi connectivity index (χ1v) is 7.70. The summed E-state index contributed by atoms with van der Waals surface area (Å²) >= 11 is 3.57. The molecule has 1 unspecified atom stereocenters. The molecule has 0 amide bonds. The summed E-state index contributed by atoms with van der Waals surface area (Å²) in [4.78, 5) is 3.61. The Hall–Kier alpha value is -1.58. The van der Waals surface area contributed by atoms with Crippen molar-refractivity contribution in [2.45, 2.75) is 12.5 Å². The van der Waals surface area contributed by atoms with Gasteiger partial charge in [0.15, 0.2) is 0 Å². The second-order valence-corrected chi connectivity index (χ2v) is 6.17. The zero-order valence-electron chi connectivity index (χ0n) is 11.0. The fraction of sp³-hybridized carbons (Fsp3) is 0.176. The number of aromatic nitrogens is 1. The number of hydrogen-bond donors (Lipinski definition) is 2. The van der Waals surface area contributed by atoms with Crippen LogP contribution in [0.25, 0.3) is 10.9 Å². The molecule has 100 valence electrons. The van der Waals surface area contributed by atoms with Crippen LogP contribution in [0.15, 0.2) is 53.0 Å². The highest BCUT2D eigenvalue weighted by Crippen LogP contribution is 2.33. The van der Waals surface area contributed by atoms with Crippen LogP contribution < -0.4 is 5.32 Å². The van der Waals surface area contributed by atoms with Gasteiger partial charge < -0.3 is 10.3 Å². The third-order valence-electron chi connectivity index (χ3n) is 4.04. The summed E-state index contributed by atoms with van der Waals surface area (Å²) in [6, 6.07) is 17.4. The van der Waals surface area contributed by atoms with Crippen molar-refractivity contribution in [1.82, 2.24) is 10.3 Å². The highest BCUT2D eigenvalue weighted by atomic mass is 79.9. The average Bonchev–Trinajstić information content (AvgIpc) is 2.86. The Labute approximate surface area is 126 Å². The van der Waals surface area contributed by atoms with Crippen molar-refractivity contribution >= 4 is 26.8 Å². The van der Waals surface area contributed by atoms with Crippen LogP contribution in [-0.4, -0.2) is 11.5 Å². The SMILES string of the molecule is Brc1cccc(C2NCCc3c2[nH]c2ccccc32)c1. The molecular formula is C17H15BrN2. The molecule has 4 rings (SSSR count). The minimum atomic E-state index is 0.253. The van der Waals surface area contributed by atoms with Gasteiger partial charge in [-0.25, -0.2) is 0 Å². The Morgan fingerprint density at radius 1 is 1.05 bits per heavy atom. The lowest BCUT2D eigenvalue weighted by molar-refractivity contribution is 0.560. The molecule has 0 fully saturated rings. The van der Waals surface area contributed by atoms with Crippen LogP contribution in [0.1, 0.15) is 22.9 Å². The van der Waals surface area contributed by atoms with E-state index in [1.807, 2.05) is 0 Å². The van der Waals surface area contributed by atoms with E-state index in [9.17, 15) is 0 Å². The Balaban J connectivity index is 1.90. The summed E-state index contributed by atoms with van der Waals surface area (Å²) in [5, 5.41) is 4.99. The van der Waals surface area contributed by atoms with E-state index in [-0.39, 0.29) is 6.04 Å². The number of hydrogen-bond acceptors (Lipinski definition) is 1. The van der Waals surface area contributed by atoms with Crippen LogP contribution in [0.2, 0.25) is 0 Å². The monoisotopic (exact) mass is 326 g/mol. The van der Waals surface area contributed by atoms with Gasteiger partial charge in [0.25, 0.3) is 0 Å². The molecule has 3 heteroatoms. The topological polar surface area (TPSA) is 27.8 Å². The molecule has 0 aliphatic carbocycles. The van der Waals surface area contributed by atoms with Crippen molar-refractivity contribution < 1.29 is 0 Å². The molecule has 1 aliphatic rings. The Morgan fingerprint density at radius 3 is 2.85 bits per heavy atom. The lowest BCUT2D eigenvalue weighted by Gasteiger charge is -2.25. The van der Waals surface area contributed by atoms with Gasteiger partial charge in [-0.1, -0.05) is 46.3 Å². The fourth-order valence-electron chi connectivity index (χ4n) is 3.15. The summed E-state index contributed by atoms with van der Waals surface area (Å²) in [5.74, 6) is 0. The molecule has 0 spiro atoms. The average molecular weight is 327 g/mol. The number of H-pyrrole nitrogens is 1. The zero-order valence-corrected chi connectivity index (χ0v) is 12.6. The molecule has 1 aromatic heterocycles. The van der Waals surface area contributed by atoms with Crippen LogP contribution in [0.5, 0.6) is 0 Å². The summed E-state index contributed by atoms with van der Waals surface area (Å²) in [5.41, 5.74) is 5.31. The Bertz CT molecular complexity index is 776. The van der Waals surface area contributed by atoms with Gasteiger partial charge in [0.2, 0.25) is 0 Å². The molecule has 2 nitrogen and oxygen atoms in total. The van der Waals surface area contributed by atoms with Crippen LogP contribution in [-0.2, 0) is 6.42 Å². The number of aromatic amines is 1. The standard InChI is InChI=1S/C17H15BrN2/c18-12-5-3-4-11(10-12)16-17-14(8-9-19-16)13-6-1-2-7-15(13)20-17/h1-7,10,16,19-20H,8-9H2. The smallest absolute Gasteiger partial charge is 0.0732 e. The number of fused-ring (bicyclic) bond motifs is 3. The lowest BCUT2D eigenvalue weighted by atomic mass is 9.94. The first-order valence-electron chi connectivity index (χ1n) is 6.91. The molecule has 2 heterocycles. The Morgan fingerprint density at radius 2 is 1.95 bits per heavy atom. The molecule has 0 saturated heterocycles. The van der Waals surface area contributed by atoms with Gasteiger partial charge in [-0.15, -0.1) is 0 Å². The molecule has 20 heavy (non-hydrogen) atoms. The fourth-order valence-corrected chi connectivity index (χ4v) is 3.57. The first-order chi connectivity index (χ1) is 9.83. The number of rotatable bonds is 1. The van der Waals surface area contributed by atoms with Crippen molar-refractivity contribution in [3.05, 3.63) is 69.8 Å². The van der Waals surface area contributed by atoms with Gasteiger partial charge >= 0.3 is 0 Å². The zero-order chi connectivity index (χ0) is 13.5. The largest absolute Gasteiger partial charge is 0.357 e. The minimum Gasteiger partial charge on any atom is -0.357 e. The van der Waals surface area contributed by atoms with E-state index < -0.39 is 0 Å². The summed E-state index contributed by atoms with van der Waals surface area (Å²) in [6.07, 6.45) is 1.09. The van der Waals surface area contributed by atoms with E-state index in [1.54, 1.807) is 0 Å². The normalized spacial score (nSPS) is 18.1. The van der Waals surface area contributed by atoms with Gasteiger partial charge in [-0.05, 0) is 35.7 Å². The van der Waals surface area contributed by atoms with E-state index in [0.29, 0.717) is 0 Å². The third-order valence-corrected chi connectivity index (χ3v) is 4.53. The lowest BCUT2D eigenvalue weighted by Crippen LogP contribution is -2.30. The molecule has 2 N–H and O–H groups in total. The van der Waals surface area contributed by atoms with Gasteiger partial charge in [0.1, 0.15) is 0 Å². The maximum atomic E-state index is 3.63. The quantitative estimate of drug-likeness (QED) is 0.690. The predicted molar refractivity (Wildman–Crippen MR) is 86.0 cm³/mol. The first kappa shape index (κ1) is 12.2. The molecule has 1 aliphatic heterocycles. The van der Waals surface area contributed by atoms with E-state index in [2.05, 4.69) is 74.8 Å². The molecule has 0 radical (unpaired) electrons. The molecule has 0 bridgehead atoms. The number of halogens is 1. The summed E-state index contributed by atoms with van der Waals surface area (Å²) in [6.45, 7) is 1.02. The highest BCUT2D eigenvalue weighted by molar-refractivity contribution is 9.10. The maximum absolute atomic E-state index is 3.63. The molecule has 2 aromatic carbocycles. The minimum absolute atomic E-state index is 0.253. The van der Waals surface area contributed by atoms with Crippen molar-refractivity contribution in [1.29, 1.82) is 0 Å². The highest BCUT2D eigenvalue weighted by Gasteiger charge is 2.24. The summed E-state index contributed by atoms with van der Waals surface area (Å²) < 4.78 is 1.13. The van der Waals surface area contributed by atoms with E-state index in [0.717, 1.165) is 17.4 Å². The molecule has 1 atom stereocenters. The van der Waals surface area contributed by atoms with Crippen LogP contribution in [0, 0.1) is 0 Å². The Kier molecular flexibility index (Phi) is 2.90. The second-order valence-electron chi connectivity index (χ2n) is 5.25. The van der Waals surface area contributed by atoms with Gasteiger partial charge in [-0.3, -0.25) is 0 Å². The molecular weight excluding hydrogens is 312 g/mol. The van der Waals surface area contributed by atoms with E-state index in [1.165, 1.54) is 27.7 Å². The van der Waals surface area contributed by atoms with Crippen LogP contribution in [0.3, 0.4) is 0 Å². The number of benzene rings is 2. The maximum Gasteiger partial charge on any atom is 0.0732 e. The van der Waals surface area contributed by atoms with Crippen molar-refractivity contribution in [3.63, 3.8) is 0 Å². The van der Waals surface area contributed by atoms with E-state index >= 15 is 0 Å². The number of para-hydroxylation sites is 1. The second kappa shape index (κ2) is 4.76. The van der Waals surface area contributed by atoms with Gasteiger partial charge in [-0.2, -0.15) is 0 Å². The van der Waals surface area contributed by atoms with E-state index in [4.69, 9.17) is 0 Å². The third kappa shape index (κ3) is 1.89. The molecule has 3 aromatic rings. The summed E-state index contributed by atoms with van der Waals surface area (Å²) in [7, 11) is 0. The predicted octanol–water partition coefficient (Wildman–Crippen LogP) is 4.17. The van der Waals surface area contributed by atoms with Crippen LogP contribution >= 0.6 is 15.9 Å². The van der Waals surface area contributed by atoms with Crippen molar-refractivity contribution in [3.8, 4) is 0 Å². The number of nitrogens with one attached hydrogen (secondary N) is 2. The van der Waals surface area contributed by atoms with Gasteiger partial charge in [0, 0.05) is 27.6 Å².